The SMILES string of the molecule is COc1ccc(SNp2oc3ccc4ccccc4c3c3c(ccc4ccccc43)o2)cc1. The monoisotopic (exact) mass is 469 g/mol. The average Bonchev–Trinajstić information content (AvgIpc) is 3.04. The molecule has 0 spiro atoms. The van der Waals surface area contributed by atoms with Crippen molar-refractivity contribution in [2.24, 2.45) is 0 Å². The molecule has 4 nitrogen and oxygen atoms in total. The minimum atomic E-state index is -1.44. The quantitative estimate of drug-likeness (QED) is 0.261. The Bertz CT molecular complexity index is 1560. The van der Waals surface area contributed by atoms with Crippen LogP contribution in [-0.2, 0) is 0 Å². The predicted octanol–water partition coefficient (Wildman–Crippen LogP) is 8.86. The Hall–Kier alpha value is -3.37. The van der Waals surface area contributed by atoms with Gasteiger partial charge in [-0.25, -0.2) is 0 Å². The van der Waals surface area contributed by atoms with E-state index in [9.17, 15) is 0 Å². The third kappa shape index (κ3) is 3.75. The molecule has 6 heteroatoms. The third-order valence-electron chi connectivity index (χ3n) is 5.69. The number of hydrogen-bond acceptors (Lipinski definition) is 5. The van der Waals surface area contributed by atoms with Gasteiger partial charge in [0.05, 0.1) is 7.11 Å². The van der Waals surface area contributed by atoms with Gasteiger partial charge in [0.1, 0.15) is 16.9 Å². The number of fused-ring (bicyclic) bond motifs is 7. The Kier molecular flexibility index (Phi) is 5.23. The standard InChI is InChI=1S/C27H20NO3PS/c1-29-20-12-14-21(15-13-20)33-28-32-30-24-16-10-18-6-2-4-8-22(18)26(24)27-23-9-5-3-7-19(23)11-17-25(27)31-32/h2-17,28H,1H3. The summed E-state index contributed by atoms with van der Waals surface area (Å²) < 4.78 is 21.5. The van der Waals surface area contributed by atoms with Crippen molar-refractivity contribution in [1.82, 2.24) is 0 Å². The van der Waals surface area contributed by atoms with E-state index < -0.39 is 8.16 Å². The zero-order valence-corrected chi connectivity index (χ0v) is 19.5. The summed E-state index contributed by atoms with van der Waals surface area (Å²) in [5, 5.41) is 6.78. The van der Waals surface area contributed by atoms with Gasteiger partial charge in [0.2, 0.25) is 0 Å². The Balaban J connectivity index is 1.60. The molecule has 0 unspecified atom stereocenters. The van der Waals surface area contributed by atoms with E-state index >= 15 is 0 Å². The van der Waals surface area contributed by atoms with Gasteiger partial charge in [0, 0.05) is 15.7 Å². The zero-order chi connectivity index (χ0) is 22.2. The lowest BCUT2D eigenvalue weighted by Crippen LogP contribution is -1.83. The first-order valence-corrected chi connectivity index (χ1v) is 12.6. The van der Waals surface area contributed by atoms with Gasteiger partial charge in [-0.3, -0.25) is 0 Å². The van der Waals surface area contributed by atoms with Crippen LogP contribution in [0.1, 0.15) is 0 Å². The van der Waals surface area contributed by atoms with Crippen LogP contribution in [0.25, 0.3) is 43.5 Å². The largest absolute Gasteiger partial charge is 0.497 e. The van der Waals surface area contributed by atoms with Crippen molar-refractivity contribution >= 4 is 63.6 Å². The summed E-state index contributed by atoms with van der Waals surface area (Å²) in [6.45, 7) is 0. The van der Waals surface area contributed by atoms with E-state index in [0.29, 0.717) is 0 Å². The van der Waals surface area contributed by atoms with Crippen molar-refractivity contribution in [3.63, 3.8) is 0 Å². The first-order valence-electron chi connectivity index (χ1n) is 10.6. The first-order chi connectivity index (χ1) is 16.3. The Morgan fingerprint density at radius 3 is 1.76 bits per heavy atom. The summed E-state index contributed by atoms with van der Waals surface area (Å²) in [5.41, 5.74) is 1.63. The first kappa shape index (κ1) is 20.3. The number of hydrogen-bond donors (Lipinski definition) is 1. The van der Waals surface area contributed by atoms with Crippen molar-refractivity contribution in [3.05, 3.63) is 97.1 Å². The van der Waals surface area contributed by atoms with Gasteiger partial charge >= 0.3 is 8.16 Å². The second kappa shape index (κ2) is 8.53. The fourth-order valence-electron chi connectivity index (χ4n) is 4.14. The molecule has 0 aliphatic carbocycles. The lowest BCUT2D eigenvalue weighted by atomic mass is 9.99. The van der Waals surface area contributed by atoms with Gasteiger partial charge in [-0.1, -0.05) is 60.7 Å². The second-order valence-corrected chi connectivity index (χ2v) is 9.91. The summed E-state index contributed by atoms with van der Waals surface area (Å²) in [4.78, 5) is 1.05. The zero-order valence-electron chi connectivity index (χ0n) is 17.8. The molecule has 0 saturated carbocycles. The van der Waals surface area contributed by atoms with Gasteiger partial charge in [0.25, 0.3) is 0 Å². The Morgan fingerprint density at radius 2 is 1.21 bits per heavy atom. The maximum absolute atomic E-state index is 6.45. The molecule has 0 atom stereocenters. The second-order valence-electron chi connectivity index (χ2n) is 7.63. The highest BCUT2D eigenvalue weighted by molar-refractivity contribution is 8.04. The topological polar surface area (TPSA) is 47.5 Å². The number of nitrogens with one attached hydrogen (secondary N) is 1. The molecule has 0 saturated heterocycles. The van der Waals surface area contributed by atoms with E-state index in [1.807, 2.05) is 36.4 Å². The van der Waals surface area contributed by atoms with Crippen molar-refractivity contribution in [3.8, 4) is 5.75 Å². The molecule has 0 aliphatic heterocycles. The number of ether oxygens (including phenoxy) is 1. The average molecular weight is 470 g/mol. The number of benzene rings is 5. The molecular weight excluding hydrogens is 449 g/mol. The van der Waals surface area contributed by atoms with Crippen LogP contribution >= 0.6 is 20.1 Å². The highest BCUT2D eigenvalue weighted by atomic mass is 32.2. The van der Waals surface area contributed by atoms with E-state index in [4.69, 9.17) is 13.1 Å². The van der Waals surface area contributed by atoms with Crippen LogP contribution in [0.4, 0.5) is 0 Å². The fraction of sp³-hybridized carbons (Fsp3) is 0.0370. The van der Waals surface area contributed by atoms with Crippen molar-refractivity contribution < 1.29 is 13.1 Å². The normalized spacial score (nSPS) is 11.4. The molecule has 162 valence electrons. The van der Waals surface area contributed by atoms with Crippen molar-refractivity contribution in [1.29, 1.82) is 0 Å². The molecule has 1 heterocycles. The lowest BCUT2D eigenvalue weighted by molar-refractivity contribution is 0.414. The van der Waals surface area contributed by atoms with Gasteiger partial charge in [-0.15, -0.1) is 0 Å². The van der Waals surface area contributed by atoms with Crippen LogP contribution < -0.4 is 9.23 Å². The van der Waals surface area contributed by atoms with Crippen LogP contribution in [0.15, 0.2) is 110 Å². The predicted molar refractivity (Wildman–Crippen MR) is 140 cm³/mol. The van der Waals surface area contributed by atoms with Gasteiger partial charge in [-0.05, 0) is 69.9 Å². The summed E-state index contributed by atoms with van der Waals surface area (Å²) in [6, 6.07) is 33.0. The van der Waals surface area contributed by atoms with E-state index in [-0.39, 0.29) is 0 Å². The molecule has 33 heavy (non-hydrogen) atoms. The van der Waals surface area contributed by atoms with Crippen LogP contribution in [0.3, 0.4) is 0 Å². The van der Waals surface area contributed by atoms with Crippen molar-refractivity contribution in [2.75, 3.05) is 11.6 Å². The van der Waals surface area contributed by atoms with E-state index in [1.54, 1.807) is 7.11 Å². The molecular formula is C27H20NO3PS. The molecule has 6 rings (SSSR count). The Morgan fingerprint density at radius 1 is 0.667 bits per heavy atom. The van der Waals surface area contributed by atoms with Crippen LogP contribution in [0.2, 0.25) is 0 Å². The lowest BCUT2D eigenvalue weighted by Gasteiger charge is -2.05. The Labute approximate surface area is 195 Å². The van der Waals surface area contributed by atoms with Crippen LogP contribution in [-0.4, -0.2) is 7.11 Å². The van der Waals surface area contributed by atoms with Crippen LogP contribution in [0, 0.1) is 0 Å². The fourth-order valence-corrected chi connectivity index (χ4v) is 6.13. The summed E-state index contributed by atoms with van der Waals surface area (Å²) in [5.74, 6) is 0.827. The van der Waals surface area contributed by atoms with E-state index in [1.165, 1.54) is 22.7 Å². The molecule has 1 aromatic heterocycles. The summed E-state index contributed by atoms with van der Waals surface area (Å²) >= 11 is 1.49. The number of rotatable bonds is 4. The highest BCUT2D eigenvalue weighted by Crippen LogP contribution is 2.41. The van der Waals surface area contributed by atoms with E-state index in [0.717, 1.165) is 43.4 Å². The molecule has 0 aliphatic rings. The minimum absolute atomic E-state index is 0.817. The molecule has 0 fully saturated rings. The summed E-state index contributed by atoms with van der Waals surface area (Å²) in [6.07, 6.45) is 0. The smallest absolute Gasteiger partial charge is 0.317 e. The maximum Gasteiger partial charge on any atom is 0.317 e. The van der Waals surface area contributed by atoms with E-state index in [2.05, 4.69) is 65.2 Å². The van der Waals surface area contributed by atoms with Crippen molar-refractivity contribution in [2.45, 2.75) is 4.90 Å². The summed E-state index contributed by atoms with van der Waals surface area (Å²) in [7, 11) is 0.230. The highest BCUT2D eigenvalue weighted by Gasteiger charge is 2.13. The van der Waals surface area contributed by atoms with Gasteiger partial charge in [-0.2, -0.15) is 4.49 Å². The number of methoxy groups -OCH3 is 1. The maximum atomic E-state index is 6.45. The molecule has 0 amide bonds. The molecule has 6 aromatic rings. The molecule has 1 N–H and O–H groups in total. The molecule has 0 radical (unpaired) electrons. The molecule has 0 bridgehead atoms. The third-order valence-corrected chi connectivity index (χ3v) is 7.89. The van der Waals surface area contributed by atoms with Gasteiger partial charge in [0.15, 0.2) is 0 Å². The van der Waals surface area contributed by atoms with Gasteiger partial charge < -0.3 is 13.1 Å². The molecule has 5 aromatic carbocycles. The van der Waals surface area contributed by atoms with Crippen LogP contribution in [0.5, 0.6) is 5.75 Å². The minimum Gasteiger partial charge on any atom is -0.497 e.